The summed E-state index contributed by atoms with van der Waals surface area (Å²) >= 11 is 0. The Bertz CT molecular complexity index is 929. The molecule has 6 nitrogen and oxygen atoms in total. The molecule has 2 aromatic carbocycles. The van der Waals surface area contributed by atoms with E-state index in [0.717, 1.165) is 0 Å². The third-order valence-corrected chi connectivity index (χ3v) is 3.71. The zero-order valence-corrected chi connectivity index (χ0v) is 14.4. The van der Waals surface area contributed by atoms with E-state index in [1.54, 1.807) is 25.2 Å². The first-order valence-corrected chi connectivity index (χ1v) is 8.06. The van der Waals surface area contributed by atoms with Crippen molar-refractivity contribution in [1.82, 2.24) is 4.98 Å². The second-order valence-corrected chi connectivity index (χ2v) is 5.61. The highest BCUT2D eigenvalue weighted by Crippen LogP contribution is 2.16. The van der Waals surface area contributed by atoms with Gasteiger partial charge in [-0.15, -0.1) is 0 Å². The number of ether oxygens (including phenoxy) is 1. The van der Waals surface area contributed by atoms with Gasteiger partial charge in [0.05, 0.1) is 11.9 Å². The molecule has 3 rings (SSSR count). The van der Waals surface area contributed by atoms with Gasteiger partial charge in [0.25, 0.3) is 5.91 Å². The van der Waals surface area contributed by atoms with Crippen LogP contribution in [0.2, 0.25) is 0 Å². The van der Waals surface area contributed by atoms with E-state index < -0.39 is 17.8 Å². The topological polar surface area (TPSA) is 71.5 Å². The molecule has 7 heteroatoms. The molecule has 3 aromatic rings. The van der Waals surface area contributed by atoms with Gasteiger partial charge >= 0.3 is 6.09 Å². The number of rotatable bonds is 4. The number of nitrogens with one attached hydrogen (secondary N) is 1. The zero-order chi connectivity index (χ0) is 19.2. The van der Waals surface area contributed by atoms with Crippen molar-refractivity contribution in [3.63, 3.8) is 0 Å². The second kappa shape index (κ2) is 8.09. The Morgan fingerprint density at radius 3 is 2.33 bits per heavy atom. The fourth-order valence-corrected chi connectivity index (χ4v) is 2.23. The van der Waals surface area contributed by atoms with Gasteiger partial charge in [0, 0.05) is 24.4 Å². The van der Waals surface area contributed by atoms with Crippen LogP contribution in [0.1, 0.15) is 10.4 Å². The van der Waals surface area contributed by atoms with Crippen molar-refractivity contribution in [2.75, 3.05) is 17.3 Å². The molecule has 0 aliphatic rings. The molecule has 0 aliphatic carbocycles. The van der Waals surface area contributed by atoms with Gasteiger partial charge in [0.2, 0.25) is 5.88 Å². The number of hydrogen-bond donors (Lipinski definition) is 1. The van der Waals surface area contributed by atoms with Crippen LogP contribution < -0.4 is 15.0 Å². The molecular formula is C20H16FN3O3. The van der Waals surface area contributed by atoms with E-state index in [2.05, 4.69) is 10.3 Å². The zero-order valence-electron chi connectivity index (χ0n) is 14.4. The monoisotopic (exact) mass is 365 g/mol. The molecule has 1 aromatic heterocycles. The lowest BCUT2D eigenvalue weighted by molar-refractivity contribution is 0.102. The summed E-state index contributed by atoms with van der Waals surface area (Å²) in [6.45, 7) is 0. The molecule has 27 heavy (non-hydrogen) atoms. The van der Waals surface area contributed by atoms with Gasteiger partial charge < -0.3 is 10.1 Å². The Morgan fingerprint density at radius 1 is 1.00 bits per heavy atom. The van der Waals surface area contributed by atoms with Crippen LogP contribution in [0, 0.1) is 5.82 Å². The van der Waals surface area contributed by atoms with Crippen LogP contribution in [0.5, 0.6) is 5.88 Å². The fraction of sp³-hybridized carbons (Fsp3) is 0.0500. The van der Waals surface area contributed by atoms with Crippen molar-refractivity contribution in [2.45, 2.75) is 0 Å². The SMILES string of the molecule is CN(C(=O)Oc1ccc(NC(=O)c2ccc(F)cc2)cn1)c1ccccc1. The van der Waals surface area contributed by atoms with E-state index in [9.17, 15) is 14.0 Å². The summed E-state index contributed by atoms with van der Waals surface area (Å²) in [5, 5.41) is 2.63. The van der Waals surface area contributed by atoms with Crippen LogP contribution in [0.15, 0.2) is 72.9 Å². The molecule has 0 radical (unpaired) electrons. The summed E-state index contributed by atoms with van der Waals surface area (Å²) in [4.78, 5) is 29.6. The molecule has 1 heterocycles. The number of para-hydroxylation sites is 1. The molecule has 136 valence electrons. The summed E-state index contributed by atoms with van der Waals surface area (Å²) in [5.74, 6) is -0.715. The summed E-state index contributed by atoms with van der Waals surface area (Å²) in [7, 11) is 1.59. The minimum atomic E-state index is -0.586. The number of benzene rings is 2. The van der Waals surface area contributed by atoms with Crippen molar-refractivity contribution in [3.05, 3.63) is 84.3 Å². The number of carbonyl (C=O) groups is 2. The van der Waals surface area contributed by atoms with Crippen LogP contribution in [0.4, 0.5) is 20.6 Å². The van der Waals surface area contributed by atoms with Crippen LogP contribution in [0.25, 0.3) is 0 Å². The van der Waals surface area contributed by atoms with E-state index in [-0.39, 0.29) is 5.88 Å². The van der Waals surface area contributed by atoms with E-state index in [0.29, 0.717) is 16.9 Å². The molecule has 0 saturated carbocycles. The maximum Gasteiger partial charge on any atom is 0.420 e. The molecule has 0 unspecified atom stereocenters. The minimum Gasteiger partial charge on any atom is -0.391 e. The van der Waals surface area contributed by atoms with E-state index >= 15 is 0 Å². The summed E-state index contributed by atoms with van der Waals surface area (Å²) in [6.07, 6.45) is 0.781. The average molecular weight is 365 g/mol. The lowest BCUT2D eigenvalue weighted by atomic mass is 10.2. The van der Waals surface area contributed by atoms with Crippen molar-refractivity contribution >= 4 is 23.4 Å². The molecule has 2 amide bonds. The molecule has 0 aliphatic heterocycles. The summed E-state index contributed by atoms with van der Waals surface area (Å²) in [6, 6.07) is 17.2. The Balaban J connectivity index is 1.60. The van der Waals surface area contributed by atoms with Crippen molar-refractivity contribution in [1.29, 1.82) is 0 Å². The molecule has 0 fully saturated rings. The van der Waals surface area contributed by atoms with Gasteiger partial charge in [-0.2, -0.15) is 0 Å². The Hall–Kier alpha value is -3.74. The standard InChI is InChI=1S/C20H16FN3O3/c1-24(17-5-3-2-4-6-17)20(26)27-18-12-11-16(13-22-18)23-19(25)14-7-9-15(21)10-8-14/h2-13H,1H3,(H,23,25). The number of hydrogen-bond acceptors (Lipinski definition) is 4. The number of aromatic nitrogens is 1. The summed E-state index contributed by atoms with van der Waals surface area (Å²) in [5.41, 5.74) is 1.42. The van der Waals surface area contributed by atoms with E-state index in [1.807, 2.05) is 18.2 Å². The number of anilines is 2. The van der Waals surface area contributed by atoms with Crippen LogP contribution in [-0.4, -0.2) is 24.0 Å². The predicted molar refractivity (Wildman–Crippen MR) is 99.5 cm³/mol. The largest absolute Gasteiger partial charge is 0.420 e. The van der Waals surface area contributed by atoms with Gasteiger partial charge in [-0.05, 0) is 42.5 Å². The van der Waals surface area contributed by atoms with Gasteiger partial charge in [-0.3, -0.25) is 9.69 Å². The van der Waals surface area contributed by atoms with E-state index in [4.69, 9.17) is 4.74 Å². The maximum atomic E-state index is 12.9. The van der Waals surface area contributed by atoms with Crippen molar-refractivity contribution in [3.8, 4) is 5.88 Å². The highest BCUT2D eigenvalue weighted by molar-refractivity contribution is 6.04. The summed E-state index contributed by atoms with van der Waals surface area (Å²) < 4.78 is 18.1. The first-order valence-electron chi connectivity index (χ1n) is 8.06. The van der Waals surface area contributed by atoms with Gasteiger partial charge in [0.1, 0.15) is 5.82 Å². The Morgan fingerprint density at radius 2 is 1.70 bits per heavy atom. The number of carbonyl (C=O) groups excluding carboxylic acids is 2. The minimum absolute atomic E-state index is 0.0996. The van der Waals surface area contributed by atoms with Crippen LogP contribution in [0.3, 0.4) is 0 Å². The second-order valence-electron chi connectivity index (χ2n) is 5.61. The highest BCUT2D eigenvalue weighted by Gasteiger charge is 2.14. The Kier molecular flexibility index (Phi) is 5.41. The maximum absolute atomic E-state index is 12.9. The van der Waals surface area contributed by atoms with Crippen LogP contribution >= 0.6 is 0 Å². The number of amides is 2. The van der Waals surface area contributed by atoms with Gasteiger partial charge in [-0.25, -0.2) is 14.2 Å². The fourth-order valence-electron chi connectivity index (χ4n) is 2.23. The number of nitrogens with zero attached hydrogens (tertiary/aromatic N) is 2. The molecular weight excluding hydrogens is 349 g/mol. The van der Waals surface area contributed by atoms with Gasteiger partial charge in [-0.1, -0.05) is 18.2 Å². The highest BCUT2D eigenvalue weighted by atomic mass is 19.1. The lowest BCUT2D eigenvalue weighted by Gasteiger charge is -2.16. The number of halogens is 1. The number of pyridine rings is 1. The predicted octanol–water partition coefficient (Wildman–Crippen LogP) is 4.11. The quantitative estimate of drug-likeness (QED) is 0.755. The smallest absolute Gasteiger partial charge is 0.391 e. The van der Waals surface area contributed by atoms with Gasteiger partial charge in [0.15, 0.2) is 0 Å². The molecule has 0 bridgehead atoms. The molecule has 0 spiro atoms. The first kappa shape index (κ1) is 18.1. The van der Waals surface area contributed by atoms with Crippen molar-refractivity contribution in [2.24, 2.45) is 0 Å². The molecule has 0 saturated heterocycles. The van der Waals surface area contributed by atoms with Crippen LogP contribution in [-0.2, 0) is 0 Å². The lowest BCUT2D eigenvalue weighted by Crippen LogP contribution is -2.29. The molecule has 0 atom stereocenters. The molecule has 1 N–H and O–H groups in total. The van der Waals surface area contributed by atoms with E-state index in [1.165, 1.54) is 41.4 Å². The Labute approximate surface area is 155 Å². The normalized spacial score (nSPS) is 10.1. The third kappa shape index (κ3) is 4.66. The third-order valence-electron chi connectivity index (χ3n) is 3.71. The first-order chi connectivity index (χ1) is 13.0. The van der Waals surface area contributed by atoms with Crippen molar-refractivity contribution < 1.29 is 18.7 Å². The average Bonchev–Trinajstić information content (AvgIpc) is 2.70.